The molecule has 0 bridgehead atoms. The second-order valence-corrected chi connectivity index (χ2v) is 6.52. The van der Waals surface area contributed by atoms with Crippen LogP contribution in [0, 0.1) is 0 Å². The number of benzene rings is 4. The highest BCUT2D eigenvalue weighted by Crippen LogP contribution is 2.29. The molecule has 0 aliphatic rings. The zero-order valence-corrected chi connectivity index (χ0v) is 16.2. The first-order valence-electron chi connectivity index (χ1n) is 9.57. The second-order valence-electron chi connectivity index (χ2n) is 6.52. The number of phenolic OH excluding ortho intramolecular Hbond substituents is 1. The maximum Gasteiger partial charge on any atom is 0.136 e. The fraction of sp³-hybridized carbons (Fsp3) is 0. The Bertz CT molecular complexity index is 1180. The van der Waals surface area contributed by atoms with E-state index in [1.807, 2.05) is 91.0 Å². The van der Waals surface area contributed by atoms with Crippen LogP contribution in [-0.4, -0.2) is 17.5 Å². The molecule has 30 heavy (non-hydrogen) atoms. The fourth-order valence-corrected chi connectivity index (χ4v) is 2.85. The van der Waals surface area contributed by atoms with E-state index in [0.717, 1.165) is 22.7 Å². The van der Waals surface area contributed by atoms with E-state index in [0.29, 0.717) is 11.3 Å². The van der Waals surface area contributed by atoms with Crippen LogP contribution in [0.25, 0.3) is 0 Å². The lowest BCUT2D eigenvalue weighted by atomic mass is 10.2. The standard InChI is InChI=1S/C26H20N2O2/c29-25-16-8-4-10-20(25)18-27-23-14-6-7-15-24(23)28-19-21-11-5-9-17-26(21)30-22-12-2-1-3-13-22/h1-19,29H/b27-18+,28-19+. The lowest BCUT2D eigenvalue weighted by Gasteiger charge is -2.08. The van der Waals surface area contributed by atoms with Gasteiger partial charge in [0.2, 0.25) is 0 Å². The van der Waals surface area contributed by atoms with Crippen molar-refractivity contribution >= 4 is 23.8 Å². The Hall–Kier alpha value is -4.18. The van der Waals surface area contributed by atoms with Crippen molar-refractivity contribution < 1.29 is 9.84 Å². The van der Waals surface area contributed by atoms with E-state index in [-0.39, 0.29) is 5.75 Å². The van der Waals surface area contributed by atoms with Gasteiger partial charge in [0.25, 0.3) is 0 Å². The molecular weight excluding hydrogens is 372 g/mol. The Balaban J connectivity index is 1.59. The third-order valence-electron chi connectivity index (χ3n) is 4.39. The van der Waals surface area contributed by atoms with E-state index in [1.165, 1.54) is 0 Å². The van der Waals surface area contributed by atoms with Crippen molar-refractivity contribution in [2.75, 3.05) is 0 Å². The molecule has 4 aromatic rings. The maximum absolute atomic E-state index is 9.93. The molecule has 0 atom stereocenters. The van der Waals surface area contributed by atoms with Crippen LogP contribution in [0.2, 0.25) is 0 Å². The van der Waals surface area contributed by atoms with Gasteiger partial charge in [-0.15, -0.1) is 0 Å². The molecule has 0 spiro atoms. The minimum Gasteiger partial charge on any atom is -0.507 e. The van der Waals surface area contributed by atoms with Gasteiger partial charge in [0.05, 0.1) is 11.4 Å². The molecular formula is C26H20N2O2. The van der Waals surface area contributed by atoms with Crippen LogP contribution < -0.4 is 4.74 Å². The SMILES string of the molecule is Oc1ccccc1/C=N/c1ccccc1/N=C/c1ccccc1Oc1ccccc1. The van der Waals surface area contributed by atoms with Crippen LogP contribution in [0.3, 0.4) is 0 Å². The smallest absolute Gasteiger partial charge is 0.136 e. The predicted molar refractivity (Wildman–Crippen MR) is 122 cm³/mol. The summed E-state index contributed by atoms with van der Waals surface area (Å²) in [4.78, 5) is 9.14. The van der Waals surface area contributed by atoms with Gasteiger partial charge in [-0.3, -0.25) is 9.98 Å². The normalized spacial score (nSPS) is 11.2. The van der Waals surface area contributed by atoms with Crippen molar-refractivity contribution in [2.24, 2.45) is 9.98 Å². The number of aliphatic imine (C=N–C) groups is 2. The quantitative estimate of drug-likeness (QED) is 0.372. The zero-order chi connectivity index (χ0) is 20.6. The minimum atomic E-state index is 0.189. The molecule has 0 aliphatic heterocycles. The maximum atomic E-state index is 9.93. The number of hydrogen-bond donors (Lipinski definition) is 1. The summed E-state index contributed by atoms with van der Waals surface area (Å²) in [5, 5.41) is 9.93. The van der Waals surface area contributed by atoms with Gasteiger partial charge in [-0.2, -0.15) is 0 Å². The monoisotopic (exact) mass is 392 g/mol. The Morgan fingerprint density at radius 3 is 1.80 bits per heavy atom. The Morgan fingerprint density at radius 2 is 1.10 bits per heavy atom. The van der Waals surface area contributed by atoms with E-state index in [1.54, 1.807) is 24.6 Å². The van der Waals surface area contributed by atoms with Crippen LogP contribution in [0.4, 0.5) is 11.4 Å². The van der Waals surface area contributed by atoms with Crippen LogP contribution in [-0.2, 0) is 0 Å². The summed E-state index contributed by atoms with van der Waals surface area (Å²) < 4.78 is 6.00. The summed E-state index contributed by atoms with van der Waals surface area (Å²) in [6.45, 7) is 0. The van der Waals surface area contributed by atoms with E-state index in [2.05, 4.69) is 9.98 Å². The van der Waals surface area contributed by atoms with Crippen LogP contribution in [0.15, 0.2) is 113 Å². The number of ether oxygens (including phenoxy) is 1. The average Bonchev–Trinajstić information content (AvgIpc) is 2.79. The highest BCUT2D eigenvalue weighted by atomic mass is 16.5. The largest absolute Gasteiger partial charge is 0.507 e. The first-order valence-corrected chi connectivity index (χ1v) is 9.57. The summed E-state index contributed by atoms with van der Waals surface area (Å²) in [5.41, 5.74) is 2.94. The molecule has 0 radical (unpaired) electrons. The fourth-order valence-electron chi connectivity index (χ4n) is 2.85. The van der Waals surface area contributed by atoms with E-state index in [4.69, 9.17) is 4.74 Å². The molecule has 4 aromatic carbocycles. The number of aromatic hydroxyl groups is 1. The highest BCUT2D eigenvalue weighted by Gasteiger charge is 2.04. The molecule has 0 amide bonds. The molecule has 0 fully saturated rings. The van der Waals surface area contributed by atoms with Crippen LogP contribution in [0.1, 0.15) is 11.1 Å². The summed E-state index contributed by atoms with van der Waals surface area (Å²) >= 11 is 0. The number of hydrogen-bond acceptors (Lipinski definition) is 4. The number of phenols is 1. The van der Waals surface area contributed by atoms with Crippen molar-refractivity contribution in [1.82, 2.24) is 0 Å². The molecule has 0 aliphatic carbocycles. The van der Waals surface area contributed by atoms with Gasteiger partial charge in [-0.25, -0.2) is 0 Å². The van der Waals surface area contributed by atoms with Gasteiger partial charge in [-0.1, -0.05) is 54.6 Å². The Labute approximate surface area is 175 Å². The Morgan fingerprint density at radius 1 is 0.567 bits per heavy atom. The summed E-state index contributed by atoms with van der Waals surface area (Å²) in [7, 11) is 0. The molecule has 0 saturated carbocycles. The van der Waals surface area contributed by atoms with E-state index in [9.17, 15) is 5.11 Å². The van der Waals surface area contributed by atoms with Crippen LogP contribution >= 0.6 is 0 Å². The molecule has 4 rings (SSSR count). The molecule has 4 heteroatoms. The highest BCUT2D eigenvalue weighted by molar-refractivity contribution is 5.89. The van der Waals surface area contributed by atoms with Gasteiger partial charge in [0, 0.05) is 23.6 Å². The van der Waals surface area contributed by atoms with Crippen molar-refractivity contribution in [3.63, 3.8) is 0 Å². The lowest BCUT2D eigenvalue weighted by Crippen LogP contribution is -1.90. The van der Waals surface area contributed by atoms with Gasteiger partial charge in [0.15, 0.2) is 0 Å². The zero-order valence-electron chi connectivity index (χ0n) is 16.2. The molecule has 0 aromatic heterocycles. The molecule has 4 nitrogen and oxygen atoms in total. The van der Waals surface area contributed by atoms with Crippen LogP contribution in [0.5, 0.6) is 17.2 Å². The summed E-state index contributed by atoms with van der Waals surface area (Å²) in [6.07, 6.45) is 3.41. The van der Waals surface area contributed by atoms with Crippen molar-refractivity contribution in [3.8, 4) is 17.2 Å². The summed E-state index contributed by atoms with van der Waals surface area (Å²) in [5.74, 6) is 1.68. The number of nitrogens with zero attached hydrogens (tertiary/aromatic N) is 2. The predicted octanol–water partition coefficient (Wildman–Crippen LogP) is 6.69. The Kier molecular flexibility index (Phi) is 5.97. The lowest BCUT2D eigenvalue weighted by molar-refractivity contribution is 0.474. The molecule has 146 valence electrons. The third kappa shape index (κ3) is 4.80. The average molecular weight is 392 g/mol. The van der Waals surface area contributed by atoms with Gasteiger partial charge >= 0.3 is 0 Å². The third-order valence-corrected chi connectivity index (χ3v) is 4.39. The van der Waals surface area contributed by atoms with E-state index < -0.39 is 0 Å². The summed E-state index contributed by atoms with van der Waals surface area (Å²) in [6, 6.07) is 32.1. The van der Waals surface area contributed by atoms with Crippen molar-refractivity contribution in [2.45, 2.75) is 0 Å². The number of para-hydroxylation sites is 5. The van der Waals surface area contributed by atoms with Gasteiger partial charge < -0.3 is 9.84 Å². The first-order chi connectivity index (χ1) is 14.8. The molecule has 0 saturated heterocycles. The topological polar surface area (TPSA) is 54.2 Å². The molecule has 0 unspecified atom stereocenters. The van der Waals surface area contributed by atoms with Gasteiger partial charge in [0.1, 0.15) is 17.2 Å². The molecule has 1 N–H and O–H groups in total. The van der Waals surface area contributed by atoms with Crippen molar-refractivity contribution in [1.29, 1.82) is 0 Å². The first kappa shape index (κ1) is 19.2. The van der Waals surface area contributed by atoms with Crippen molar-refractivity contribution in [3.05, 3.63) is 114 Å². The van der Waals surface area contributed by atoms with E-state index >= 15 is 0 Å². The minimum absolute atomic E-state index is 0.189. The second kappa shape index (κ2) is 9.34. The number of rotatable bonds is 6. The van der Waals surface area contributed by atoms with Gasteiger partial charge in [-0.05, 0) is 48.5 Å². The molecule has 0 heterocycles.